The summed E-state index contributed by atoms with van der Waals surface area (Å²) >= 11 is 0. The summed E-state index contributed by atoms with van der Waals surface area (Å²) in [4.78, 5) is 5.10. The first kappa shape index (κ1) is 39.0. The largest absolute Gasteiger partial charge is 0.314 e. The van der Waals surface area contributed by atoms with Crippen LogP contribution in [0, 0.1) is 0 Å². The van der Waals surface area contributed by atoms with Crippen molar-refractivity contribution >= 4 is 56.4 Å². The summed E-state index contributed by atoms with van der Waals surface area (Å²) in [6, 6.07) is 51.4. The van der Waals surface area contributed by atoms with Crippen molar-refractivity contribution in [3.05, 3.63) is 214 Å². The minimum Gasteiger partial charge on any atom is -0.314 e. The summed E-state index contributed by atoms with van der Waals surface area (Å²) in [7, 11) is 0. The van der Waals surface area contributed by atoms with Crippen molar-refractivity contribution in [3.8, 4) is 11.1 Å². The average Bonchev–Trinajstić information content (AvgIpc) is 3.84. The van der Waals surface area contributed by atoms with Gasteiger partial charge in [0.2, 0.25) is 0 Å². The predicted molar refractivity (Wildman–Crippen MR) is 273 cm³/mol. The lowest BCUT2D eigenvalue weighted by atomic mass is 9.76. The number of benzene rings is 7. The molecule has 2 nitrogen and oxygen atoms in total. The average molecular weight is 829 g/mol. The molecule has 2 heterocycles. The minimum atomic E-state index is 0.0820. The van der Waals surface area contributed by atoms with Crippen molar-refractivity contribution in [1.29, 1.82) is 0 Å². The Morgan fingerprint density at radius 3 is 1.89 bits per heavy atom. The van der Waals surface area contributed by atoms with E-state index in [-0.39, 0.29) is 5.41 Å². The molecule has 0 aromatic heterocycles. The molecular weight excluding hydrogens is 773 g/mol. The van der Waals surface area contributed by atoms with E-state index < -0.39 is 0 Å². The summed E-state index contributed by atoms with van der Waals surface area (Å²) in [6.07, 6.45) is 25.4. The van der Waals surface area contributed by atoms with Gasteiger partial charge in [-0.25, -0.2) is 0 Å². The van der Waals surface area contributed by atoms with E-state index in [9.17, 15) is 0 Å². The molecule has 64 heavy (non-hydrogen) atoms. The summed E-state index contributed by atoms with van der Waals surface area (Å²) in [5.41, 5.74) is 22.3. The van der Waals surface area contributed by atoms with Crippen LogP contribution in [0.4, 0.5) is 22.7 Å². The fourth-order valence-electron chi connectivity index (χ4n) is 12.4. The number of anilines is 4. The van der Waals surface area contributed by atoms with Gasteiger partial charge in [0.25, 0.3) is 0 Å². The van der Waals surface area contributed by atoms with Gasteiger partial charge in [-0.3, -0.25) is 0 Å². The minimum absolute atomic E-state index is 0.0820. The van der Waals surface area contributed by atoms with Crippen LogP contribution in [0.15, 0.2) is 181 Å². The zero-order valence-corrected chi connectivity index (χ0v) is 37.2. The molecule has 0 atom stereocenters. The van der Waals surface area contributed by atoms with Crippen LogP contribution < -0.4 is 9.80 Å². The highest BCUT2D eigenvalue weighted by Gasteiger charge is 2.45. The van der Waals surface area contributed by atoms with E-state index in [1.54, 1.807) is 16.8 Å². The van der Waals surface area contributed by atoms with Gasteiger partial charge in [-0.2, -0.15) is 0 Å². The maximum Gasteiger partial charge on any atom is 0.0493 e. The van der Waals surface area contributed by atoms with E-state index in [2.05, 4.69) is 181 Å². The Labute approximate surface area is 379 Å². The monoisotopic (exact) mass is 828 g/mol. The molecule has 3 aliphatic carbocycles. The van der Waals surface area contributed by atoms with Crippen LogP contribution >= 0.6 is 0 Å². The van der Waals surface area contributed by atoms with Crippen LogP contribution in [-0.4, -0.2) is 0 Å². The quantitative estimate of drug-likeness (QED) is 0.122. The highest BCUT2D eigenvalue weighted by molar-refractivity contribution is 6.09. The topological polar surface area (TPSA) is 6.48 Å². The molecule has 314 valence electrons. The van der Waals surface area contributed by atoms with Gasteiger partial charge in [-0.05, 0) is 197 Å². The number of aryl methyl sites for hydroxylation is 2. The summed E-state index contributed by atoms with van der Waals surface area (Å²) in [5.74, 6) is 0. The van der Waals surface area contributed by atoms with Gasteiger partial charge in [0.15, 0.2) is 0 Å². The van der Waals surface area contributed by atoms with Crippen molar-refractivity contribution in [2.24, 2.45) is 0 Å². The van der Waals surface area contributed by atoms with Crippen molar-refractivity contribution in [1.82, 2.24) is 0 Å². The number of para-hydroxylation sites is 2. The molecule has 0 radical (unpaired) electrons. The lowest BCUT2D eigenvalue weighted by Gasteiger charge is -2.33. The number of nitrogens with zero attached hydrogens (tertiary/aromatic N) is 2. The van der Waals surface area contributed by atoms with Crippen LogP contribution in [0.25, 0.3) is 44.8 Å². The third-order valence-electron chi connectivity index (χ3n) is 15.4. The highest BCUT2D eigenvalue weighted by atomic mass is 15.2. The summed E-state index contributed by atoms with van der Waals surface area (Å²) < 4.78 is 0. The van der Waals surface area contributed by atoms with Gasteiger partial charge in [0.05, 0.1) is 0 Å². The SMILES string of the molecule is C=CC1=C(/C=C\C)N(c2ccc3c(ccc4cc(/C=C/c5ccc6c(c5)C5(CCCC5)c5cc(N7C8=C(CCCC8)CCc8ccccc87)ccc5-6)ccc43)c2)c2ccccc2CC1. The third-order valence-corrected chi connectivity index (χ3v) is 15.4. The molecule has 1 spiro atoms. The maximum absolute atomic E-state index is 4.21. The van der Waals surface area contributed by atoms with Crippen LogP contribution in [0.2, 0.25) is 0 Å². The van der Waals surface area contributed by atoms with Crippen molar-refractivity contribution in [3.63, 3.8) is 0 Å². The molecule has 1 fully saturated rings. The Bertz CT molecular complexity index is 3160. The van der Waals surface area contributed by atoms with Crippen molar-refractivity contribution < 1.29 is 0 Å². The first-order chi connectivity index (χ1) is 31.6. The van der Waals surface area contributed by atoms with E-state index in [0.29, 0.717) is 0 Å². The third kappa shape index (κ3) is 6.36. The van der Waals surface area contributed by atoms with Crippen LogP contribution in [0.3, 0.4) is 0 Å². The number of allylic oxidation sites excluding steroid dienone is 6. The van der Waals surface area contributed by atoms with Gasteiger partial charge in [-0.1, -0.05) is 135 Å². The molecule has 0 bridgehead atoms. The Kier molecular flexibility index (Phi) is 9.66. The summed E-state index contributed by atoms with van der Waals surface area (Å²) in [5, 5.41) is 5.07. The molecule has 5 aliphatic rings. The zero-order valence-electron chi connectivity index (χ0n) is 37.2. The Morgan fingerprint density at radius 2 is 1.12 bits per heavy atom. The molecule has 0 unspecified atom stereocenters. The zero-order chi connectivity index (χ0) is 42.8. The van der Waals surface area contributed by atoms with Crippen molar-refractivity contribution in [2.45, 2.75) is 89.4 Å². The van der Waals surface area contributed by atoms with Gasteiger partial charge < -0.3 is 9.80 Å². The van der Waals surface area contributed by atoms with E-state index in [4.69, 9.17) is 0 Å². The standard InChI is InChI=1S/C62H56N2/c1-3-13-58-44(4-2)24-25-45-14-5-8-17-59(45)63(58)50-30-34-53-49(40-50)29-28-48-38-42(22-32-52(48)53)20-21-43-23-33-54-55-35-31-51(41-57(55)62(56(54)39-43)36-11-12-37-62)64-60-18-9-6-15-46(60)26-27-47-16-7-10-19-61(47)64/h3-6,8-9,13-15,17-18,20-23,28-35,38-41H,2,7,10-12,16,19,24-27,36-37H2,1H3/b13-3-,21-20+. The van der Waals surface area contributed by atoms with E-state index >= 15 is 0 Å². The van der Waals surface area contributed by atoms with Gasteiger partial charge in [0.1, 0.15) is 0 Å². The molecule has 12 rings (SSSR count). The van der Waals surface area contributed by atoms with Crippen LogP contribution in [0.1, 0.15) is 105 Å². The van der Waals surface area contributed by atoms with Crippen LogP contribution in [-0.2, 0) is 18.3 Å². The maximum atomic E-state index is 4.21. The Balaban J connectivity index is 0.861. The van der Waals surface area contributed by atoms with E-state index in [1.165, 1.54) is 152 Å². The van der Waals surface area contributed by atoms with E-state index in [0.717, 1.165) is 19.3 Å². The second kappa shape index (κ2) is 15.9. The number of hydrogen-bond acceptors (Lipinski definition) is 2. The molecular formula is C62H56N2. The fourth-order valence-corrected chi connectivity index (χ4v) is 12.4. The first-order valence-corrected chi connectivity index (χ1v) is 24.0. The second-order valence-corrected chi connectivity index (χ2v) is 18.9. The normalized spacial score (nSPS) is 17.8. The lowest BCUT2D eigenvalue weighted by molar-refractivity contribution is 0.550. The molecule has 2 heteroatoms. The van der Waals surface area contributed by atoms with E-state index in [1.807, 2.05) is 6.08 Å². The molecule has 0 amide bonds. The Morgan fingerprint density at radius 1 is 0.516 bits per heavy atom. The summed E-state index contributed by atoms with van der Waals surface area (Å²) in [6.45, 7) is 6.31. The smallest absolute Gasteiger partial charge is 0.0493 e. The van der Waals surface area contributed by atoms with Crippen LogP contribution in [0.5, 0.6) is 0 Å². The van der Waals surface area contributed by atoms with Gasteiger partial charge in [-0.15, -0.1) is 0 Å². The molecule has 7 aromatic rings. The Hall–Kier alpha value is -6.64. The van der Waals surface area contributed by atoms with Gasteiger partial charge in [0, 0.05) is 39.6 Å². The van der Waals surface area contributed by atoms with Crippen molar-refractivity contribution in [2.75, 3.05) is 9.80 Å². The first-order valence-electron chi connectivity index (χ1n) is 24.0. The molecule has 1 saturated carbocycles. The predicted octanol–water partition coefficient (Wildman–Crippen LogP) is 17.0. The number of hydrogen-bond donors (Lipinski definition) is 0. The fraction of sp³-hybridized carbons (Fsp3) is 0.226. The second-order valence-electron chi connectivity index (χ2n) is 18.9. The molecule has 0 saturated heterocycles. The number of rotatable bonds is 6. The molecule has 7 aromatic carbocycles. The van der Waals surface area contributed by atoms with Gasteiger partial charge >= 0.3 is 0 Å². The highest BCUT2D eigenvalue weighted by Crippen LogP contribution is 2.58. The molecule has 0 N–H and O–H groups in total. The number of fused-ring (bicyclic) bond motifs is 10. The lowest BCUT2D eigenvalue weighted by Crippen LogP contribution is -2.23. The molecule has 2 aliphatic heterocycles.